The molecule has 0 spiro atoms. The average molecular weight is 395 g/mol. The first-order valence-electron chi connectivity index (χ1n) is 10.5. The Hall–Kier alpha value is -2.82. The molecule has 1 fully saturated rings. The van der Waals surface area contributed by atoms with Gasteiger partial charge in [-0.05, 0) is 61.4 Å². The van der Waals surface area contributed by atoms with Crippen LogP contribution in [0, 0.1) is 0 Å². The standard InChI is InChI=1S/C24H30N2O3/c1-3-18(2)21-12-5-6-13-22(21)29-17-23(27)25-20-11-9-10-19(16-20)24(28)26-14-7-4-8-15-26/h5-6,9-13,16,18H,3-4,7-8,14-15,17H2,1-2H3,(H,25,27). The number of hydrogen-bond donors (Lipinski definition) is 1. The highest BCUT2D eigenvalue weighted by Gasteiger charge is 2.18. The Balaban J connectivity index is 1.59. The third-order valence-electron chi connectivity index (χ3n) is 5.46. The summed E-state index contributed by atoms with van der Waals surface area (Å²) in [6.45, 7) is 5.81. The number of ether oxygens (including phenoxy) is 1. The molecular formula is C24H30N2O3. The molecule has 0 saturated carbocycles. The number of rotatable bonds is 7. The van der Waals surface area contributed by atoms with E-state index in [1.54, 1.807) is 24.3 Å². The maximum atomic E-state index is 12.7. The summed E-state index contributed by atoms with van der Waals surface area (Å²) >= 11 is 0. The van der Waals surface area contributed by atoms with Gasteiger partial charge in [0.2, 0.25) is 0 Å². The van der Waals surface area contributed by atoms with Gasteiger partial charge in [-0.1, -0.05) is 38.1 Å². The van der Waals surface area contributed by atoms with Gasteiger partial charge in [0.15, 0.2) is 6.61 Å². The molecule has 1 unspecified atom stereocenters. The topological polar surface area (TPSA) is 58.6 Å². The fraction of sp³-hybridized carbons (Fsp3) is 0.417. The molecule has 0 aliphatic carbocycles. The van der Waals surface area contributed by atoms with Gasteiger partial charge < -0.3 is 15.0 Å². The first-order valence-corrected chi connectivity index (χ1v) is 10.5. The van der Waals surface area contributed by atoms with E-state index in [9.17, 15) is 9.59 Å². The van der Waals surface area contributed by atoms with Crippen LogP contribution in [0.5, 0.6) is 5.75 Å². The molecule has 0 aromatic heterocycles. The highest BCUT2D eigenvalue weighted by atomic mass is 16.5. The predicted molar refractivity (Wildman–Crippen MR) is 115 cm³/mol. The number of hydrogen-bond acceptors (Lipinski definition) is 3. The number of anilines is 1. The molecule has 1 saturated heterocycles. The van der Waals surface area contributed by atoms with Crippen molar-refractivity contribution in [3.63, 3.8) is 0 Å². The molecule has 0 radical (unpaired) electrons. The smallest absolute Gasteiger partial charge is 0.262 e. The number of piperidine rings is 1. The van der Waals surface area contributed by atoms with Crippen molar-refractivity contribution in [3.8, 4) is 5.75 Å². The molecule has 2 amide bonds. The molecule has 1 atom stereocenters. The normalized spacial score (nSPS) is 14.9. The zero-order valence-corrected chi connectivity index (χ0v) is 17.3. The lowest BCUT2D eigenvalue weighted by atomic mass is 9.98. The zero-order valence-electron chi connectivity index (χ0n) is 17.3. The number of benzene rings is 2. The monoisotopic (exact) mass is 394 g/mol. The second-order valence-electron chi connectivity index (χ2n) is 7.62. The molecule has 5 nitrogen and oxygen atoms in total. The Bertz CT molecular complexity index is 844. The largest absolute Gasteiger partial charge is 0.483 e. The van der Waals surface area contributed by atoms with Gasteiger partial charge in [0.25, 0.3) is 11.8 Å². The Morgan fingerprint density at radius 3 is 2.59 bits per heavy atom. The SMILES string of the molecule is CCC(C)c1ccccc1OCC(=O)Nc1cccc(C(=O)N2CCCCC2)c1. The van der Waals surface area contributed by atoms with Gasteiger partial charge in [-0.3, -0.25) is 9.59 Å². The van der Waals surface area contributed by atoms with Crippen LogP contribution in [0.3, 0.4) is 0 Å². The Morgan fingerprint density at radius 2 is 1.83 bits per heavy atom. The number of likely N-dealkylation sites (tertiary alicyclic amines) is 1. The van der Waals surface area contributed by atoms with Crippen LogP contribution < -0.4 is 10.1 Å². The van der Waals surface area contributed by atoms with E-state index in [2.05, 4.69) is 19.2 Å². The Kier molecular flexibility index (Phi) is 7.28. The fourth-order valence-electron chi connectivity index (χ4n) is 3.59. The minimum absolute atomic E-state index is 0.0273. The van der Waals surface area contributed by atoms with E-state index in [1.807, 2.05) is 29.2 Å². The van der Waals surface area contributed by atoms with Crippen LogP contribution in [0.4, 0.5) is 5.69 Å². The second kappa shape index (κ2) is 10.1. The second-order valence-corrected chi connectivity index (χ2v) is 7.62. The van der Waals surface area contributed by atoms with Crippen LogP contribution in [0.1, 0.15) is 61.4 Å². The first kappa shape index (κ1) is 20.9. The molecule has 0 bridgehead atoms. The number of nitrogens with zero attached hydrogens (tertiary/aromatic N) is 1. The van der Waals surface area contributed by atoms with Gasteiger partial charge in [-0.15, -0.1) is 0 Å². The molecule has 3 rings (SSSR count). The van der Waals surface area contributed by atoms with Gasteiger partial charge in [0.05, 0.1) is 0 Å². The average Bonchev–Trinajstić information content (AvgIpc) is 2.77. The molecule has 5 heteroatoms. The van der Waals surface area contributed by atoms with E-state index >= 15 is 0 Å². The van der Waals surface area contributed by atoms with Gasteiger partial charge in [0.1, 0.15) is 5.75 Å². The zero-order chi connectivity index (χ0) is 20.6. The summed E-state index contributed by atoms with van der Waals surface area (Å²) in [5.41, 5.74) is 2.32. The van der Waals surface area contributed by atoms with Gasteiger partial charge in [-0.2, -0.15) is 0 Å². The summed E-state index contributed by atoms with van der Waals surface area (Å²) in [4.78, 5) is 26.9. The predicted octanol–water partition coefficient (Wildman–Crippen LogP) is 4.84. The lowest BCUT2D eigenvalue weighted by molar-refractivity contribution is -0.118. The van der Waals surface area contributed by atoms with E-state index < -0.39 is 0 Å². The third kappa shape index (κ3) is 5.59. The highest BCUT2D eigenvalue weighted by Crippen LogP contribution is 2.28. The highest BCUT2D eigenvalue weighted by molar-refractivity contribution is 5.97. The van der Waals surface area contributed by atoms with Crippen LogP contribution in [0.2, 0.25) is 0 Å². The third-order valence-corrected chi connectivity index (χ3v) is 5.46. The lowest BCUT2D eigenvalue weighted by Crippen LogP contribution is -2.35. The summed E-state index contributed by atoms with van der Waals surface area (Å²) in [5.74, 6) is 0.892. The van der Waals surface area contributed by atoms with Crippen LogP contribution in [0.25, 0.3) is 0 Å². The summed E-state index contributed by atoms with van der Waals surface area (Å²) in [6, 6.07) is 15.0. The molecule has 1 N–H and O–H groups in total. The summed E-state index contributed by atoms with van der Waals surface area (Å²) in [5, 5.41) is 2.84. The minimum Gasteiger partial charge on any atom is -0.483 e. The maximum absolute atomic E-state index is 12.7. The number of carbonyl (C=O) groups excluding carboxylic acids is 2. The summed E-state index contributed by atoms with van der Waals surface area (Å²) < 4.78 is 5.78. The van der Waals surface area contributed by atoms with Crippen LogP contribution >= 0.6 is 0 Å². The molecule has 29 heavy (non-hydrogen) atoms. The Morgan fingerprint density at radius 1 is 1.07 bits per heavy atom. The van der Waals surface area contributed by atoms with E-state index in [0.29, 0.717) is 17.2 Å². The van der Waals surface area contributed by atoms with Gasteiger partial charge in [-0.25, -0.2) is 0 Å². The van der Waals surface area contributed by atoms with Crippen molar-refractivity contribution in [2.24, 2.45) is 0 Å². The fourth-order valence-corrected chi connectivity index (χ4v) is 3.59. The molecule has 154 valence electrons. The molecule has 2 aromatic rings. The van der Waals surface area contributed by atoms with Crippen LogP contribution in [-0.2, 0) is 4.79 Å². The van der Waals surface area contributed by atoms with Crippen LogP contribution in [0.15, 0.2) is 48.5 Å². The van der Waals surface area contributed by atoms with Crippen molar-refractivity contribution in [2.75, 3.05) is 25.0 Å². The number of para-hydroxylation sites is 1. The summed E-state index contributed by atoms with van der Waals surface area (Å²) in [6.07, 6.45) is 4.29. The number of amides is 2. The number of carbonyl (C=O) groups is 2. The minimum atomic E-state index is -0.244. The van der Waals surface area contributed by atoms with E-state index in [0.717, 1.165) is 43.7 Å². The van der Waals surface area contributed by atoms with E-state index in [-0.39, 0.29) is 18.4 Å². The molecule has 1 aliphatic heterocycles. The molecule has 1 heterocycles. The van der Waals surface area contributed by atoms with E-state index in [1.165, 1.54) is 6.42 Å². The van der Waals surface area contributed by atoms with Gasteiger partial charge >= 0.3 is 0 Å². The number of nitrogens with one attached hydrogen (secondary N) is 1. The quantitative estimate of drug-likeness (QED) is 0.731. The molecular weight excluding hydrogens is 364 g/mol. The molecule has 2 aromatic carbocycles. The van der Waals surface area contributed by atoms with E-state index in [4.69, 9.17) is 4.74 Å². The van der Waals surface area contributed by atoms with Gasteiger partial charge in [0, 0.05) is 24.3 Å². The van der Waals surface area contributed by atoms with Crippen molar-refractivity contribution in [2.45, 2.75) is 45.4 Å². The maximum Gasteiger partial charge on any atom is 0.262 e. The van der Waals surface area contributed by atoms with Crippen molar-refractivity contribution in [1.82, 2.24) is 4.90 Å². The van der Waals surface area contributed by atoms with Crippen molar-refractivity contribution in [1.29, 1.82) is 0 Å². The van der Waals surface area contributed by atoms with Crippen molar-refractivity contribution in [3.05, 3.63) is 59.7 Å². The summed E-state index contributed by atoms with van der Waals surface area (Å²) in [7, 11) is 0. The van der Waals surface area contributed by atoms with Crippen molar-refractivity contribution < 1.29 is 14.3 Å². The van der Waals surface area contributed by atoms with Crippen molar-refractivity contribution >= 4 is 17.5 Å². The molecule has 1 aliphatic rings. The first-order chi connectivity index (χ1) is 14.1. The van der Waals surface area contributed by atoms with Crippen LogP contribution in [-0.4, -0.2) is 36.4 Å². The Labute approximate surface area is 173 Å². The lowest BCUT2D eigenvalue weighted by Gasteiger charge is -2.26.